The van der Waals surface area contributed by atoms with E-state index in [1.807, 2.05) is 0 Å². The average Bonchev–Trinajstić information content (AvgIpc) is 2.97. The zero-order valence-electron chi connectivity index (χ0n) is 13.5. The number of carbonyl (C=O) groups excluding carboxylic acids is 2. The van der Waals surface area contributed by atoms with E-state index >= 15 is 0 Å². The third-order valence-electron chi connectivity index (χ3n) is 3.49. The molecular weight excluding hydrogens is 306 g/mol. The van der Waals surface area contributed by atoms with E-state index in [1.54, 1.807) is 31.0 Å². The Hall–Kier alpha value is -1.53. The van der Waals surface area contributed by atoms with Crippen LogP contribution in [0.1, 0.15) is 37.7 Å². The van der Waals surface area contributed by atoms with Crippen LogP contribution >= 0.6 is 12.4 Å². The van der Waals surface area contributed by atoms with E-state index in [1.165, 1.54) is 6.26 Å². The van der Waals surface area contributed by atoms with Crippen LogP contribution in [0.15, 0.2) is 22.8 Å². The second-order valence-corrected chi connectivity index (χ2v) is 5.63. The Kier molecular flexibility index (Phi) is 8.82. The molecule has 2 atom stereocenters. The molecule has 0 bridgehead atoms. The summed E-state index contributed by atoms with van der Waals surface area (Å²) in [6, 6.07) is 2.63. The molecule has 2 amide bonds. The highest BCUT2D eigenvalue weighted by Gasteiger charge is 2.21. The summed E-state index contributed by atoms with van der Waals surface area (Å²) >= 11 is 0. The molecule has 0 radical (unpaired) electrons. The molecule has 1 aromatic heterocycles. The lowest BCUT2D eigenvalue weighted by atomic mass is 10.0. The van der Waals surface area contributed by atoms with Gasteiger partial charge in [0.1, 0.15) is 6.04 Å². The molecule has 7 heteroatoms. The highest BCUT2D eigenvalue weighted by Crippen LogP contribution is 2.05. The van der Waals surface area contributed by atoms with Gasteiger partial charge in [0, 0.05) is 19.6 Å². The first kappa shape index (κ1) is 20.5. The lowest BCUT2D eigenvalue weighted by Crippen LogP contribution is -2.46. The zero-order chi connectivity index (χ0) is 16.0. The van der Waals surface area contributed by atoms with E-state index in [0.717, 1.165) is 6.42 Å². The smallest absolute Gasteiger partial charge is 0.287 e. The van der Waals surface area contributed by atoms with Gasteiger partial charge in [0.2, 0.25) is 5.91 Å². The maximum Gasteiger partial charge on any atom is 0.287 e. The number of amides is 2. The number of carbonyl (C=O) groups is 2. The van der Waals surface area contributed by atoms with Gasteiger partial charge in [-0.25, -0.2) is 0 Å². The number of hydrogen-bond donors (Lipinski definition) is 2. The Bertz CT molecular complexity index is 463. The lowest BCUT2D eigenvalue weighted by molar-refractivity contribution is -0.131. The molecule has 0 fully saturated rings. The minimum atomic E-state index is -0.608. The standard InChI is InChI=1S/C15H25N3O3.ClH/c1-10(2)12(16)7-8-18(4)15(20)11(3)17-14(19)13-6-5-9-21-13;/h5-6,9-12H,7-8,16H2,1-4H3,(H,17,19);1H. The van der Waals surface area contributed by atoms with E-state index in [0.29, 0.717) is 12.5 Å². The fourth-order valence-electron chi connectivity index (χ4n) is 1.85. The van der Waals surface area contributed by atoms with Gasteiger partial charge in [-0.1, -0.05) is 13.8 Å². The maximum atomic E-state index is 12.2. The predicted molar refractivity (Wildman–Crippen MR) is 88.0 cm³/mol. The van der Waals surface area contributed by atoms with E-state index in [-0.39, 0.29) is 30.1 Å². The predicted octanol–water partition coefficient (Wildman–Crippen LogP) is 1.65. The Labute approximate surface area is 137 Å². The summed E-state index contributed by atoms with van der Waals surface area (Å²) in [5, 5.41) is 2.62. The van der Waals surface area contributed by atoms with Gasteiger partial charge in [-0.05, 0) is 31.4 Å². The van der Waals surface area contributed by atoms with Crippen LogP contribution in [0.5, 0.6) is 0 Å². The molecule has 22 heavy (non-hydrogen) atoms. The van der Waals surface area contributed by atoms with Crippen LogP contribution in [0.3, 0.4) is 0 Å². The molecule has 1 rings (SSSR count). The van der Waals surface area contributed by atoms with Gasteiger partial charge in [-0.2, -0.15) is 0 Å². The van der Waals surface area contributed by atoms with Crippen LogP contribution < -0.4 is 11.1 Å². The number of hydrogen-bond acceptors (Lipinski definition) is 4. The monoisotopic (exact) mass is 331 g/mol. The summed E-state index contributed by atoms with van der Waals surface area (Å²) in [7, 11) is 1.71. The first-order chi connectivity index (χ1) is 9.82. The Balaban J connectivity index is 0.00000441. The van der Waals surface area contributed by atoms with Crippen molar-refractivity contribution in [3.63, 3.8) is 0 Å². The number of nitrogens with zero attached hydrogens (tertiary/aromatic N) is 1. The van der Waals surface area contributed by atoms with E-state index in [9.17, 15) is 9.59 Å². The maximum absolute atomic E-state index is 12.2. The number of furan rings is 1. The van der Waals surface area contributed by atoms with Gasteiger partial charge in [-0.3, -0.25) is 9.59 Å². The number of nitrogens with two attached hydrogens (primary N) is 1. The van der Waals surface area contributed by atoms with E-state index < -0.39 is 11.9 Å². The molecule has 0 aliphatic carbocycles. The lowest BCUT2D eigenvalue weighted by Gasteiger charge is -2.24. The summed E-state index contributed by atoms with van der Waals surface area (Å²) in [6.07, 6.45) is 2.15. The summed E-state index contributed by atoms with van der Waals surface area (Å²) in [6.45, 7) is 6.33. The van der Waals surface area contributed by atoms with Gasteiger partial charge >= 0.3 is 0 Å². The first-order valence-corrected chi connectivity index (χ1v) is 7.17. The highest BCUT2D eigenvalue weighted by atomic mass is 35.5. The fraction of sp³-hybridized carbons (Fsp3) is 0.600. The van der Waals surface area contributed by atoms with Gasteiger partial charge in [0.25, 0.3) is 5.91 Å². The van der Waals surface area contributed by atoms with E-state index in [2.05, 4.69) is 19.2 Å². The van der Waals surface area contributed by atoms with Crippen LogP contribution in [-0.4, -0.2) is 42.4 Å². The second kappa shape index (κ2) is 9.48. The van der Waals surface area contributed by atoms with Crippen molar-refractivity contribution in [3.8, 4) is 0 Å². The van der Waals surface area contributed by atoms with Crippen molar-refractivity contribution in [2.45, 2.75) is 39.3 Å². The summed E-state index contributed by atoms with van der Waals surface area (Å²) in [4.78, 5) is 25.6. The molecule has 3 N–H and O–H groups in total. The van der Waals surface area contributed by atoms with Gasteiger partial charge in [0.05, 0.1) is 6.26 Å². The van der Waals surface area contributed by atoms with Crippen LogP contribution in [0.2, 0.25) is 0 Å². The minimum absolute atomic E-state index is 0. The van der Waals surface area contributed by atoms with E-state index in [4.69, 9.17) is 10.2 Å². The van der Waals surface area contributed by atoms with Crippen molar-refractivity contribution in [3.05, 3.63) is 24.2 Å². The van der Waals surface area contributed by atoms with Crippen molar-refractivity contribution in [1.29, 1.82) is 0 Å². The molecule has 6 nitrogen and oxygen atoms in total. The van der Waals surface area contributed by atoms with Gasteiger partial charge in [0.15, 0.2) is 5.76 Å². The van der Waals surface area contributed by atoms with Crippen LogP contribution in [0.4, 0.5) is 0 Å². The molecule has 1 heterocycles. The number of nitrogens with one attached hydrogen (secondary N) is 1. The van der Waals surface area contributed by atoms with Crippen LogP contribution in [0.25, 0.3) is 0 Å². The number of halogens is 1. The van der Waals surface area contributed by atoms with Crippen molar-refractivity contribution >= 4 is 24.2 Å². The number of rotatable bonds is 7. The quantitative estimate of drug-likeness (QED) is 0.795. The SMILES string of the molecule is CC(NC(=O)c1ccco1)C(=O)N(C)CCC(N)C(C)C.Cl. The highest BCUT2D eigenvalue weighted by molar-refractivity contribution is 5.95. The molecule has 2 unspecified atom stereocenters. The molecule has 0 aliphatic heterocycles. The summed E-state index contributed by atoms with van der Waals surface area (Å²) in [5.74, 6) is 0.0303. The zero-order valence-corrected chi connectivity index (χ0v) is 14.4. The van der Waals surface area contributed by atoms with Crippen molar-refractivity contribution in [2.24, 2.45) is 11.7 Å². The Morgan fingerprint density at radius 1 is 1.36 bits per heavy atom. The van der Waals surface area contributed by atoms with Crippen molar-refractivity contribution < 1.29 is 14.0 Å². The second-order valence-electron chi connectivity index (χ2n) is 5.63. The topological polar surface area (TPSA) is 88.6 Å². The Morgan fingerprint density at radius 2 is 2.00 bits per heavy atom. The summed E-state index contributed by atoms with van der Waals surface area (Å²) in [5.41, 5.74) is 5.97. The molecule has 0 aliphatic rings. The molecule has 126 valence electrons. The third kappa shape index (κ3) is 6.07. The molecule has 0 saturated carbocycles. The first-order valence-electron chi connectivity index (χ1n) is 7.17. The fourth-order valence-corrected chi connectivity index (χ4v) is 1.85. The van der Waals surface area contributed by atoms with Gasteiger partial charge in [-0.15, -0.1) is 12.4 Å². The molecule has 0 spiro atoms. The third-order valence-corrected chi connectivity index (χ3v) is 3.49. The number of likely N-dealkylation sites (N-methyl/N-ethyl adjacent to an activating group) is 1. The average molecular weight is 332 g/mol. The summed E-state index contributed by atoms with van der Waals surface area (Å²) < 4.78 is 4.99. The molecule has 0 aromatic carbocycles. The van der Waals surface area contributed by atoms with Crippen LogP contribution in [0, 0.1) is 5.92 Å². The molecular formula is C15H26ClN3O3. The van der Waals surface area contributed by atoms with Crippen LogP contribution in [-0.2, 0) is 4.79 Å². The van der Waals surface area contributed by atoms with Crippen molar-refractivity contribution in [1.82, 2.24) is 10.2 Å². The normalized spacial score (nSPS) is 13.2. The molecule has 0 saturated heterocycles. The minimum Gasteiger partial charge on any atom is -0.459 e. The van der Waals surface area contributed by atoms with Gasteiger partial charge < -0.3 is 20.4 Å². The largest absolute Gasteiger partial charge is 0.459 e. The van der Waals surface area contributed by atoms with Crippen molar-refractivity contribution in [2.75, 3.05) is 13.6 Å². The molecule has 1 aromatic rings. The Morgan fingerprint density at radius 3 is 2.50 bits per heavy atom.